The lowest BCUT2D eigenvalue weighted by atomic mass is 10.1. The number of nitrogens with two attached hydrogens (primary N) is 1. The summed E-state index contributed by atoms with van der Waals surface area (Å²) in [5, 5.41) is 0.499. The molecule has 0 aliphatic heterocycles. The summed E-state index contributed by atoms with van der Waals surface area (Å²) >= 11 is 5.89. The van der Waals surface area contributed by atoms with E-state index >= 15 is 0 Å². The molecule has 2 N–H and O–H groups in total. The van der Waals surface area contributed by atoms with Gasteiger partial charge in [0.05, 0.1) is 5.02 Å². The van der Waals surface area contributed by atoms with E-state index in [1.54, 1.807) is 12.1 Å². The molecule has 0 fully saturated rings. The van der Waals surface area contributed by atoms with Gasteiger partial charge < -0.3 is 5.73 Å². The number of halogens is 1. The number of hydrogen-bond acceptors (Lipinski definition) is 2. The Hall–Kier alpha value is -1.12. The highest BCUT2D eigenvalue weighted by Gasteiger charge is 2.04. The Kier molecular flexibility index (Phi) is 4.53. The Morgan fingerprint density at radius 1 is 1.53 bits per heavy atom. The zero-order chi connectivity index (χ0) is 11.3. The number of carbonyl (C=O) groups is 1. The molecule has 0 amide bonds. The quantitative estimate of drug-likeness (QED) is 0.798. The maximum atomic E-state index is 11.2. The molecule has 0 atom stereocenters. The van der Waals surface area contributed by atoms with Crippen molar-refractivity contribution in [2.75, 3.05) is 6.54 Å². The zero-order valence-corrected chi connectivity index (χ0v) is 9.42. The summed E-state index contributed by atoms with van der Waals surface area (Å²) in [6, 6.07) is 5.40. The van der Waals surface area contributed by atoms with E-state index in [-0.39, 0.29) is 5.78 Å². The molecule has 0 spiro atoms. The molecule has 0 bridgehead atoms. The van der Waals surface area contributed by atoms with Crippen LogP contribution in [0.4, 0.5) is 0 Å². The number of benzene rings is 1. The van der Waals surface area contributed by atoms with E-state index in [0.29, 0.717) is 17.1 Å². The molecule has 1 aromatic rings. The molecule has 0 saturated carbocycles. The fourth-order valence-electron chi connectivity index (χ4n) is 1.23. The van der Waals surface area contributed by atoms with Crippen LogP contribution in [0.1, 0.15) is 29.3 Å². The van der Waals surface area contributed by atoms with E-state index in [2.05, 4.69) is 0 Å². The summed E-state index contributed by atoms with van der Waals surface area (Å²) in [6.45, 7) is 2.14. The Labute approximate surface area is 94.7 Å². The van der Waals surface area contributed by atoms with Crippen LogP contribution in [0, 0.1) is 0 Å². The van der Waals surface area contributed by atoms with Crippen molar-refractivity contribution in [3.8, 4) is 0 Å². The Bertz CT molecular complexity index is 385. The van der Waals surface area contributed by atoms with E-state index < -0.39 is 0 Å². The van der Waals surface area contributed by atoms with Gasteiger partial charge >= 0.3 is 0 Å². The molecule has 1 rings (SSSR count). The summed E-state index contributed by atoms with van der Waals surface area (Å²) in [7, 11) is 0. The summed E-state index contributed by atoms with van der Waals surface area (Å²) in [5.41, 5.74) is 6.90. The molecule has 2 nitrogen and oxygen atoms in total. The van der Waals surface area contributed by atoms with Crippen LogP contribution in [0.15, 0.2) is 24.3 Å². The van der Waals surface area contributed by atoms with Crippen LogP contribution >= 0.6 is 11.6 Å². The van der Waals surface area contributed by atoms with Gasteiger partial charge in [-0.15, -0.1) is 0 Å². The highest BCUT2D eigenvalue weighted by Crippen LogP contribution is 2.18. The summed E-state index contributed by atoms with van der Waals surface area (Å²) in [6.07, 6.45) is 4.75. The van der Waals surface area contributed by atoms with Gasteiger partial charge in [0, 0.05) is 5.56 Å². The molecule has 0 saturated heterocycles. The van der Waals surface area contributed by atoms with Crippen LogP contribution in [0.25, 0.3) is 6.08 Å². The molecule has 0 aromatic heterocycles. The van der Waals surface area contributed by atoms with Crippen LogP contribution in [0.5, 0.6) is 0 Å². The van der Waals surface area contributed by atoms with Crippen molar-refractivity contribution in [2.45, 2.75) is 13.3 Å². The van der Waals surface area contributed by atoms with E-state index in [0.717, 1.165) is 12.0 Å². The molecule has 0 aliphatic carbocycles. The van der Waals surface area contributed by atoms with Gasteiger partial charge in [0.25, 0.3) is 0 Å². The third kappa shape index (κ3) is 3.50. The maximum Gasteiger partial charge on any atom is 0.161 e. The molecule has 1 aromatic carbocycles. The van der Waals surface area contributed by atoms with Gasteiger partial charge in [-0.1, -0.05) is 29.8 Å². The largest absolute Gasteiger partial charge is 0.330 e. The molecule has 80 valence electrons. The normalized spacial score (nSPS) is 10.9. The Balaban J connectivity index is 2.92. The first-order valence-corrected chi connectivity index (χ1v) is 5.20. The minimum atomic E-state index is -0.0194. The van der Waals surface area contributed by atoms with Gasteiger partial charge in [-0.2, -0.15) is 0 Å². The lowest BCUT2D eigenvalue weighted by molar-refractivity contribution is 0.101. The van der Waals surface area contributed by atoms with Crippen molar-refractivity contribution in [3.63, 3.8) is 0 Å². The highest BCUT2D eigenvalue weighted by atomic mass is 35.5. The van der Waals surface area contributed by atoms with E-state index in [4.69, 9.17) is 17.3 Å². The van der Waals surface area contributed by atoms with Gasteiger partial charge in [0.2, 0.25) is 0 Å². The van der Waals surface area contributed by atoms with Crippen molar-refractivity contribution in [1.82, 2.24) is 0 Å². The second-order valence-corrected chi connectivity index (χ2v) is 3.68. The minimum Gasteiger partial charge on any atom is -0.330 e. The third-order valence-electron chi connectivity index (χ3n) is 2.01. The average Bonchev–Trinajstić information content (AvgIpc) is 2.20. The number of carbonyl (C=O) groups excluding carboxylic acids is 1. The smallest absolute Gasteiger partial charge is 0.161 e. The molecule has 15 heavy (non-hydrogen) atoms. The van der Waals surface area contributed by atoms with Gasteiger partial charge in [-0.05, 0) is 37.6 Å². The van der Waals surface area contributed by atoms with Crippen LogP contribution in [0.2, 0.25) is 5.02 Å². The number of ketones is 1. The molecular formula is C12H14ClNO. The van der Waals surface area contributed by atoms with Gasteiger partial charge in [-0.3, -0.25) is 4.79 Å². The molecule has 0 aliphatic rings. The first-order chi connectivity index (χ1) is 7.15. The molecule has 3 heteroatoms. The van der Waals surface area contributed by atoms with Crippen molar-refractivity contribution in [1.29, 1.82) is 0 Å². The summed E-state index contributed by atoms with van der Waals surface area (Å²) < 4.78 is 0. The van der Waals surface area contributed by atoms with E-state index in [1.165, 1.54) is 6.92 Å². The molecule has 0 radical (unpaired) electrons. The average molecular weight is 224 g/mol. The predicted molar refractivity (Wildman–Crippen MR) is 64.2 cm³/mol. The van der Waals surface area contributed by atoms with Crippen molar-refractivity contribution in [3.05, 3.63) is 40.4 Å². The lowest BCUT2D eigenvalue weighted by Crippen LogP contribution is -1.95. The van der Waals surface area contributed by atoms with Crippen LogP contribution in [0.3, 0.4) is 0 Å². The maximum absolute atomic E-state index is 11.2. The number of rotatable bonds is 4. The summed E-state index contributed by atoms with van der Waals surface area (Å²) in [5.74, 6) is -0.0194. The van der Waals surface area contributed by atoms with Gasteiger partial charge in [-0.25, -0.2) is 0 Å². The first kappa shape index (κ1) is 12.0. The fraction of sp³-hybridized carbons (Fsp3) is 0.250. The predicted octanol–water partition coefficient (Wildman–Crippen LogP) is 2.90. The van der Waals surface area contributed by atoms with Gasteiger partial charge in [0.15, 0.2) is 5.78 Å². The molecule has 0 heterocycles. The minimum absolute atomic E-state index is 0.0194. The lowest BCUT2D eigenvalue weighted by Gasteiger charge is -2.01. The Morgan fingerprint density at radius 3 is 2.87 bits per heavy atom. The van der Waals surface area contributed by atoms with E-state index in [9.17, 15) is 4.79 Å². The highest BCUT2D eigenvalue weighted by molar-refractivity contribution is 6.33. The topological polar surface area (TPSA) is 43.1 Å². The molecule has 0 unspecified atom stereocenters. The fourth-order valence-corrected chi connectivity index (χ4v) is 1.48. The SMILES string of the molecule is CC(=O)c1cc(C=CCCN)ccc1Cl. The van der Waals surface area contributed by atoms with Crippen molar-refractivity contribution in [2.24, 2.45) is 5.73 Å². The van der Waals surface area contributed by atoms with Crippen molar-refractivity contribution >= 4 is 23.5 Å². The third-order valence-corrected chi connectivity index (χ3v) is 2.34. The number of Topliss-reactive ketones (excluding diaryl/α,β-unsaturated/α-hetero) is 1. The van der Waals surface area contributed by atoms with Crippen molar-refractivity contribution < 1.29 is 4.79 Å². The second-order valence-electron chi connectivity index (χ2n) is 3.28. The van der Waals surface area contributed by atoms with E-state index in [1.807, 2.05) is 18.2 Å². The zero-order valence-electron chi connectivity index (χ0n) is 8.66. The first-order valence-electron chi connectivity index (χ1n) is 4.82. The van der Waals surface area contributed by atoms with Crippen LogP contribution < -0.4 is 5.73 Å². The van der Waals surface area contributed by atoms with Gasteiger partial charge in [0.1, 0.15) is 0 Å². The summed E-state index contributed by atoms with van der Waals surface area (Å²) in [4.78, 5) is 11.2. The van der Waals surface area contributed by atoms with Crippen LogP contribution in [-0.4, -0.2) is 12.3 Å². The monoisotopic (exact) mass is 223 g/mol. The number of hydrogen-bond donors (Lipinski definition) is 1. The Morgan fingerprint density at radius 2 is 2.27 bits per heavy atom. The standard InChI is InChI=1S/C12H14ClNO/c1-9(15)11-8-10(4-2-3-7-14)5-6-12(11)13/h2,4-6,8H,3,7,14H2,1H3. The van der Waals surface area contributed by atoms with Crippen LogP contribution in [-0.2, 0) is 0 Å². The molecular weight excluding hydrogens is 210 g/mol. The second kappa shape index (κ2) is 5.69.